The first kappa shape index (κ1) is 66.8. The lowest BCUT2D eigenvalue weighted by Crippen LogP contribution is -2.41. The number of halogens is 4. The Hall–Kier alpha value is -10.1. The fourth-order valence-corrected chi connectivity index (χ4v) is 10.6. The molecule has 16 nitrogen and oxygen atoms in total. The van der Waals surface area contributed by atoms with Crippen LogP contribution in [-0.4, -0.2) is 66.5 Å². The molecule has 0 amide bonds. The average Bonchev–Trinajstić information content (AvgIpc) is 1.61. The lowest BCUT2D eigenvalue weighted by Gasteiger charge is -2.29. The number of fused-ring (bicyclic) bond motifs is 3. The molecule has 20 heteroatoms. The topological polar surface area (TPSA) is 195 Å². The molecule has 4 aliphatic rings. The number of ether oxygens (including phenoxy) is 10. The van der Waals surface area contributed by atoms with Gasteiger partial charge in [0.15, 0.2) is 0 Å². The van der Waals surface area contributed by atoms with Gasteiger partial charge in [-0.15, -0.1) is 0 Å². The van der Waals surface area contributed by atoms with E-state index in [4.69, 9.17) is 54.2 Å². The van der Waals surface area contributed by atoms with Crippen LogP contribution in [-0.2, 0) is 80.1 Å². The van der Waals surface area contributed by atoms with E-state index in [1.165, 1.54) is 59.3 Å². The van der Waals surface area contributed by atoms with Gasteiger partial charge in [-0.05, 0) is 124 Å². The van der Waals surface area contributed by atoms with E-state index < -0.39 is 46.4 Å². The smallest absolute Gasteiger partial charge is 0.384 e. The lowest BCUT2D eigenvalue weighted by molar-refractivity contribution is -0.202. The van der Waals surface area contributed by atoms with Crippen molar-refractivity contribution in [1.82, 2.24) is 0 Å². The third kappa shape index (κ3) is 17.1. The summed E-state index contributed by atoms with van der Waals surface area (Å²) in [6.45, 7) is 4.10. The van der Waals surface area contributed by atoms with Crippen molar-refractivity contribution in [2.75, 3.05) is 13.2 Å². The number of benzene rings is 9. The molecule has 0 aliphatic carbocycles. The molecule has 4 aliphatic heterocycles. The summed E-state index contributed by atoms with van der Waals surface area (Å²) in [5.74, 6) is -8.80. The van der Waals surface area contributed by atoms with Crippen LogP contribution in [0.2, 0.25) is 0 Å². The van der Waals surface area contributed by atoms with Gasteiger partial charge in [0.2, 0.25) is 0 Å². The fraction of sp³-hybridized carbons (Fsp3) is 0.243. The van der Waals surface area contributed by atoms with Crippen LogP contribution in [0.5, 0.6) is 11.5 Å². The number of cyclic esters (lactones) is 4. The number of alkyl halides is 2. The number of hydrogen-bond acceptors (Lipinski definition) is 16. The molecule has 0 spiro atoms. The molecule has 6 atom stereocenters. The van der Waals surface area contributed by atoms with Gasteiger partial charge in [0, 0.05) is 24.8 Å². The van der Waals surface area contributed by atoms with Crippen LogP contribution >= 0.6 is 11.6 Å². The summed E-state index contributed by atoms with van der Waals surface area (Å²) in [4.78, 5) is 69.6. The van der Waals surface area contributed by atoms with Crippen molar-refractivity contribution in [3.8, 4) is 11.5 Å². The van der Waals surface area contributed by atoms with Crippen LogP contribution in [0.1, 0.15) is 103 Å². The monoisotopic (exact) mass is 1300 g/mol. The first-order valence-electron chi connectivity index (χ1n) is 30.2. The van der Waals surface area contributed by atoms with Gasteiger partial charge in [0.05, 0.1) is 37.0 Å². The standard InChI is InChI=1S/2C23H21FO4.C16H11ClO4.C12H11FO4/c2*1-16(18-7-6-17-4-2-3-5-19(17)14-18)26-15-23(13-12-22(25)28-23)27-21-10-8-20(24)9-11-21;17-16(13-9-5-4-8-12(13)14(18)21-16)15(19)20-10-11-6-2-1-3-7-11;13-12(7-6-10(14)17-12)11(15)16-8-9-4-2-1-3-5-9/h2*2-11,14,16H,12-13,15H2,1H3;1-9H,10H2;1-5H,6-8H2/t16-,23+;16-,23-;;/m11../s1. The molecule has 4 heterocycles. The number of carbonyl (C=O) groups excluding carboxylic acids is 6. The molecule has 9 aromatic carbocycles. The summed E-state index contributed by atoms with van der Waals surface area (Å²) >= 11 is 6.20. The van der Waals surface area contributed by atoms with E-state index in [0.717, 1.165) is 33.0 Å². The molecule has 2 unspecified atom stereocenters. The predicted octanol–water partition coefficient (Wildman–Crippen LogP) is 15.1. The van der Waals surface area contributed by atoms with Gasteiger partial charge in [-0.25, -0.2) is 23.2 Å². The summed E-state index contributed by atoms with van der Waals surface area (Å²) in [7, 11) is 0. The summed E-state index contributed by atoms with van der Waals surface area (Å²) in [5.41, 5.74) is 4.22. The predicted molar refractivity (Wildman–Crippen MR) is 338 cm³/mol. The first-order valence-corrected chi connectivity index (χ1v) is 30.5. The molecule has 9 aromatic rings. The highest BCUT2D eigenvalue weighted by molar-refractivity contribution is 6.35. The van der Waals surface area contributed by atoms with Gasteiger partial charge >= 0.3 is 46.7 Å². The molecular formula is C74H64ClF3O16. The first-order chi connectivity index (χ1) is 45.3. The summed E-state index contributed by atoms with van der Waals surface area (Å²) in [6, 6.07) is 64.4. The lowest BCUT2D eigenvalue weighted by atomic mass is 10.0. The van der Waals surface area contributed by atoms with E-state index in [-0.39, 0.29) is 93.5 Å². The third-order valence-electron chi connectivity index (χ3n) is 15.5. The van der Waals surface area contributed by atoms with Crippen LogP contribution < -0.4 is 9.47 Å². The zero-order valence-corrected chi connectivity index (χ0v) is 51.8. The third-order valence-corrected chi connectivity index (χ3v) is 15.9. The van der Waals surface area contributed by atoms with Gasteiger partial charge in [0.25, 0.3) is 11.6 Å². The Morgan fingerprint density at radius 1 is 0.468 bits per heavy atom. The average molecular weight is 1300 g/mol. The molecule has 0 N–H and O–H groups in total. The van der Waals surface area contributed by atoms with Crippen molar-refractivity contribution < 1.29 is 89.3 Å². The van der Waals surface area contributed by atoms with E-state index in [1.807, 2.05) is 86.6 Å². The summed E-state index contributed by atoms with van der Waals surface area (Å²) in [6.07, 6.45) is 0.483. The Kier molecular flexibility index (Phi) is 21.4. The highest BCUT2D eigenvalue weighted by Crippen LogP contribution is 2.42. The van der Waals surface area contributed by atoms with Crippen molar-refractivity contribution in [2.24, 2.45) is 0 Å². The quantitative estimate of drug-likeness (QED) is 0.0447. The molecule has 3 fully saturated rings. The zero-order chi connectivity index (χ0) is 66.3. The SMILES string of the molecule is C[C@@H](OC[C@@]1(Oc2ccc(F)cc2)CCC(=O)O1)c1ccc2ccccc2c1.C[C@@H](OC[C@]1(Oc2ccc(F)cc2)CCC(=O)O1)c1ccc2ccccc2c1.O=C1CCC(F)(C(=O)OCc2ccccc2)O1.O=C1OC(Cl)(C(=O)OCc2ccccc2)c2ccccc21. The molecule has 0 aromatic heterocycles. The Bertz CT molecular complexity index is 3980. The second kappa shape index (κ2) is 30.1. The number of rotatable bonds is 18. The van der Waals surface area contributed by atoms with E-state index in [1.54, 1.807) is 48.5 Å². The van der Waals surface area contributed by atoms with Crippen LogP contribution in [0.4, 0.5) is 13.2 Å². The number of carbonyl (C=O) groups is 6. The minimum absolute atomic E-state index is 0.0388. The molecule has 484 valence electrons. The molecule has 3 saturated heterocycles. The normalized spacial score (nSPS) is 20.6. The molecule has 0 saturated carbocycles. The van der Waals surface area contributed by atoms with Crippen LogP contribution in [0.3, 0.4) is 0 Å². The van der Waals surface area contributed by atoms with Crippen LogP contribution in [0.25, 0.3) is 21.5 Å². The Morgan fingerprint density at radius 3 is 1.31 bits per heavy atom. The van der Waals surface area contributed by atoms with Crippen molar-refractivity contribution >= 4 is 69.0 Å². The zero-order valence-electron chi connectivity index (χ0n) is 51.1. The largest absolute Gasteiger partial charge is 0.457 e. The second-order valence-electron chi connectivity index (χ2n) is 22.4. The molecule has 0 radical (unpaired) electrons. The number of hydrogen-bond donors (Lipinski definition) is 0. The Balaban J connectivity index is 0.000000139. The minimum atomic E-state index is -2.61. The van der Waals surface area contributed by atoms with E-state index >= 15 is 0 Å². The maximum Gasteiger partial charge on any atom is 0.384 e. The van der Waals surface area contributed by atoms with Gasteiger partial charge in [-0.3, -0.25) is 14.4 Å². The molecule has 13 rings (SSSR count). The summed E-state index contributed by atoms with van der Waals surface area (Å²) in [5, 5.41) is 2.71. The number of esters is 6. The Morgan fingerprint density at radius 2 is 0.872 bits per heavy atom. The van der Waals surface area contributed by atoms with Gasteiger partial charge in [0.1, 0.15) is 49.6 Å². The van der Waals surface area contributed by atoms with Gasteiger partial charge in [-0.1, -0.05) is 163 Å². The van der Waals surface area contributed by atoms with Crippen LogP contribution in [0.15, 0.2) is 218 Å². The Labute approximate surface area is 544 Å². The van der Waals surface area contributed by atoms with Gasteiger partial charge in [-0.2, -0.15) is 4.39 Å². The van der Waals surface area contributed by atoms with Crippen LogP contribution in [0, 0.1) is 11.6 Å². The second-order valence-corrected chi connectivity index (χ2v) is 22.9. The fourth-order valence-electron chi connectivity index (χ4n) is 10.3. The molecule has 94 heavy (non-hydrogen) atoms. The summed E-state index contributed by atoms with van der Waals surface area (Å²) < 4.78 is 94.1. The van der Waals surface area contributed by atoms with E-state index in [0.29, 0.717) is 29.9 Å². The maximum absolute atomic E-state index is 13.7. The van der Waals surface area contributed by atoms with Crippen molar-refractivity contribution in [3.63, 3.8) is 0 Å². The highest BCUT2D eigenvalue weighted by atomic mass is 35.5. The minimum Gasteiger partial charge on any atom is -0.457 e. The molecule has 0 bridgehead atoms. The van der Waals surface area contributed by atoms with E-state index in [9.17, 15) is 41.9 Å². The van der Waals surface area contributed by atoms with Gasteiger partial charge < -0.3 is 47.4 Å². The highest BCUT2D eigenvalue weighted by Gasteiger charge is 2.52. The van der Waals surface area contributed by atoms with Crippen molar-refractivity contribution in [2.45, 2.75) is 100 Å². The molecular weight excluding hydrogens is 1240 g/mol. The van der Waals surface area contributed by atoms with Crippen molar-refractivity contribution in [3.05, 3.63) is 263 Å². The van der Waals surface area contributed by atoms with Crippen molar-refractivity contribution in [1.29, 1.82) is 0 Å². The maximum atomic E-state index is 13.7. The van der Waals surface area contributed by atoms with E-state index in [2.05, 4.69) is 53.3 Å².